The van der Waals surface area contributed by atoms with Crippen molar-refractivity contribution in [2.45, 2.75) is 6.42 Å². The SMILES string of the molecule is CN=C(NCCNC(=O)c1ccc(Br)cc1)NCCc1c[nH]c2ccccc12.I. The van der Waals surface area contributed by atoms with Crippen molar-refractivity contribution in [3.63, 3.8) is 0 Å². The second kappa shape index (κ2) is 11.8. The van der Waals surface area contributed by atoms with Crippen LogP contribution in [-0.2, 0) is 6.42 Å². The van der Waals surface area contributed by atoms with E-state index in [-0.39, 0.29) is 29.9 Å². The summed E-state index contributed by atoms with van der Waals surface area (Å²) >= 11 is 3.36. The number of benzene rings is 2. The first-order chi connectivity index (χ1) is 13.7. The number of halogens is 2. The number of aromatic nitrogens is 1. The number of hydrogen-bond donors (Lipinski definition) is 4. The summed E-state index contributed by atoms with van der Waals surface area (Å²) in [6, 6.07) is 15.6. The third kappa shape index (κ3) is 6.74. The molecule has 1 heterocycles. The van der Waals surface area contributed by atoms with E-state index in [1.807, 2.05) is 18.2 Å². The van der Waals surface area contributed by atoms with Crippen LogP contribution >= 0.6 is 39.9 Å². The Morgan fingerprint density at radius 3 is 2.45 bits per heavy atom. The van der Waals surface area contributed by atoms with E-state index in [1.54, 1.807) is 19.2 Å². The lowest BCUT2D eigenvalue weighted by atomic mass is 10.1. The number of rotatable bonds is 7. The molecule has 0 aliphatic heterocycles. The second-order valence-corrected chi connectivity index (χ2v) is 7.21. The van der Waals surface area contributed by atoms with Gasteiger partial charge in [0.05, 0.1) is 0 Å². The van der Waals surface area contributed by atoms with Crippen molar-refractivity contribution >= 4 is 62.7 Å². The van der Waals surface area contributed by atoms with Gasteiger partial charge < -0.3 is 20.9 Å². The monoisotopic (exact) mass is 569 g/mol. The highest BCUT2D eigenvalue weighted by Gasteiger charge is 2.05. The van der Waals surface area contributed by atoms with Crippen LogP contribution in [0.3, 0.4) is 0 Å². The summed E-state index contributed by atoms with van der Waals surface area (Å²) in [6.45, 7) is 1.87. The normalized spacial score (nSPS) is 11.0. The highest BCUT2D eigenvalue weighted by molar-refractivity contribution is 14.0. The van der Waals surface area contributed by atoms with Crippen LogP contribution in [0.5, 0.6) is 0 Å². The molecule has 0 unspecified atom stereocenters. The summed E-state index contributed by atoms with van der Waals surface area (Å²) in [6.07, 6.45) is 2.95. The maximum atomic E-state index is 12.1. The maximum absolute atomic E-state index is 12.1. The molecule has 29 heavy (non-hydrogen) atoms. The Balaban J connectivity index is 0.00000300. The van der Waals surface area contributed by atoms with Crippen molar-refractivity contribution < 1.29 is 4.79 Å². The summed E-state index contributed by atoms with van der Waals surface area (Å²) < 4.78 is 0.952. The van der Waals surface area contributed by atoms with E-state index in [9.17, 15) is 4.79 Å². The van der Waals surface area contributed by atoms with E-state index in [0.29, 0.717) is 18.7 Å². The number of H-pyrrole nitrogens is 1. The second-order valence-electron chi connectivity index (χ2n) is 6.30. The van der Waals surface area contributed by atoms with Gasteiger partial charge in [-0.15, -0.1) is 24.0 Å². The van der Waals surface area contributed by atoms with Gasteiger partial charge >= 0.3 is 0 Å². The Hall–Kier alpha value is -2.07. The fourth-order valence-electron chi connectivity index (χ4n) is 2.93. The van der Waals surface area contributed by atoms with Gasteiger partial charge in [0.1, 0.15) is 0 Å². The molecule has 6 nitrogen and oxygen atoms in total. The minimum Gasteiger partial charge on any atom is -0.361 e. The highest BCUT2D eigenvalue weighted by atomic mass is 127. The molecule has 0 aliphatic rings. The molecule has 8 heteroatoms. The Labute approximate surface area is 196 Å². The first kappa shape index (κ1) is 23.2. The van der Waals surface area contributed by atoms with Gasteiger partial charge in [0.2, 0.25) is 0 Å². The Morgan fingerprint density at radius 1 is 1.00 bits per heavy atom. The smallest absolute Gasteiger partial charge is 0.251 e. The summed E-state index contributed by atoms with van der Waals surface area (Å²) in [5.74, 6) is 0.634. The van der Waals surface area contributed by atoms with Crippen LogP contribution in [0.4, 0.5) is 0 Å². The zero-order valence-electron chi connectivity index (χ0n) is 16.2. The van der Waals surface area contributed by atoms with E-state index in [4.69, 9.17) is 0 Å². The van der Waals surface area contributed by atoms with Crippen LogP contribution in [0.2, 0.25) is 0 Å². The predicted molar refractivity (Wildman–Crippen MR) is 133 cm³/mol. The molecule has 0 spiro atoms. The number of para-hydroxylation sites is 1. The fourth-order valence-corrected chi connectivity index (χ4v) is 3.20. The summed E-state index contributed by atoms with van der Waals surface area (Å²) in [5, 5.41) is 10.7. The van der Waals surface area contributed by atoms with Gasteiger partial charge in [0, 0.05) is 53.8 Å². The zero-order chi connectivity index (χ0) is 19.8. The Morgan fingerprint density at radius 2 is 1.69 bits per heavy atom. The molecule has 1 aromatic heterocycles. The van der Waals surface area contributed by atoms with Gasteiger partial charge in [-0.3, -0.25) is 9.79 Å². The number of fused-ring (bicyclic) bond motifs is 1. The molecule has 0 aliphatic carbocycles. The molecule has 3 rings (SSSR count). The number of aliphatic imine (C=N–C) groups is 1. The lowest BCUT2D eigenvalue weighted by Gasteiger charge is -2.12. The van der Waals surface area contributed by atoms with Gasteiger partial charge in [-0.2, -0.15) is 0 Å². The molecule has 0 saturated carbocycles. The number of nitrogens with zero attached hydrogens (tertiary/aromatic N) is 1. The Bertz CT molecular complexity index is 955. The van der Waals surface area contributed by atoms with E-state index in [2.05, 4.69) is 66.3 Å². The molecule has 4 N–H and O–H groups in total. The molecule has 1 amide bonds. The van der Waals surface area contributed by atoms with E-state index >= 15 is 0 Å². The van der Waals surface area contributed by atoms with Gasteiger partial charge in [0.15, 0.2) is 5.96 Å². The average molecular weight is 570 g/mol. The van der Waals surface area contributed by atoms with Gasteiger partial charge in [-0.05, 0) is 42.3 Å². The molecular formula is C21H25BrIN5O. The van der Waals surface area contributed by atoms with E-state index in [1.165, 1.54) is 10.9 Å². The number of nitrogens with one attached hydrogen (secondary N) is 4. The number of carbonyl (C=O) groups is 1. The van der Waals surface area contributed by atoms with Gasteiger partial charge in [0.25, 0.3) is 5.91 Å². The van der Waals surface area contributed by atoms with Crippen molar-refractivity contribution in [3.8, 4) is 0 Å². The zero-order valence-corrected chi connectivity index (χ0v) is 20.1. The number of guanidine groups is 1. The molecule has 0 radical (unpaired) electrons. The third-order valence-electron chi connectivity index (χ3n) is 4.39. The molecule has 154 valence electrons. The Kier molecular flexibility index (Phi) is 9.46. The number of amides is 1. The van der Waals surface area contributed by atoms with Gasteiger partial charge in [-0.25, -0.2) is 0 Å². The van der Waals surface area contributed by atoms with Crippen LogP contribution in [-0.4, -0.2) is 43.5 Å². The van der Waals surface area contributed by atoms with Crippen LogP contribution in [0, 0.1) is 0 Å². The van der Waals surface area contributed by atoms with Crippen LogP contribution in [0.25, 0.3) is 10.9 Å². The fraction of sp³-hybridized carbons (Fsp3) is 0.238. The first-order valence-corrected chi connectivity index (χ1v) is 10.00. The number of aromatic amines is 1. The van der Waals surface area contributed by atoms with Crippen molar-refractivity contribution in [3.05, 3.63) is 70.3 Å². The molecule has 3 aromatic rings. The van der Waals surface area contributed by atoms with Crippen molar-refractivity contribution in [2.24, 2.45) is 4.99 Å². The highest BCUT2D eigenvalue weighted by Crippen LogP contribution is 2.17. The lowest BCUT2D eigenvalue weighted by Crippen LogP contribution is -2.42. The summed E-state index contributed by atoms with van der Waals surface area (Å²) in [5.41, 5.74) is 3.08. The summed E-state index contributed by atoms with van der Waals surface area (Å²) in [4.78, 5) is 19.6. The van der Waals surface area contributed by atoms with Crippen molar-refractivity contribution in [1.29, 1.82) is 0 Å². The minimum atomic E-state index is -0.0865. The quantitative estimate of drug-likeness (QED) is 0.152. The van der Waals surface area contributed by atoms with E-state index < -0.39 is 0 Å². The lowest BCUT2D eigenvalue weighted by molar-refractivity contribution is 0.0954. The predicted octanol–water partition coefficient (Wildman–Crippen LogP) is 3.69. The summed E-state index contributed by atoms with van der Waals surface area (Å²) in [7, 11) is 1.74. The molecule has 2 aromatic carbocycles. The van der Waals surface area contributed by atoms with E-state index in [0.717, 1.165) is 28.9 Å². The first-order valence-electron chi connectivity index (χ1n) is 9.20. The van der Waals surface area contributed by atoms with Crippen molar-refractivity contribution in [1.82, 2.24) is 20.9 Å². The molecule has 0 atom stereocenters. The standard InChI is InChI=1S/C21H24BrN5O.HI/c1-23-21(25-11-10-16-14-27-19-5-3-2-4-18(16)19)26-13-12-24-20(28)15-6-8-17(22)9-7-15;/h2-9,14,27H,10-13H2,1H3,(H,24,28)(H2,23,25,26);1H. The topological polar surface area (TPSA) is 81.3 Å². The molecule has 0 bridgehead atoms. The van der Waals surface area contributed by atoms with Crippen molar-refractivity contribution in [2.75, 3.05) is 26.7 Å². The minimum absolute atomic E-state index is 0. The van der Waals surface area contributed by atoms with Crippen LogP contribution < -0.4 is 16.0 Å². The average Bonchev–Trinajstić information content (AvgIpc) is 3.13. The molecule has 0 saturated heterocycles. The van der Waals surface area contributed by atoms with Crippen LogP contribution in [0.1, 0.15) is 15.9 Å². The molecule has 0 fully saturated rings. The number of hydrogen-bond acceptors (Lipinski definition) is 2. The molecular weight excluding hydrogens is 545 g/mol. The van der Waals surface area contributed by atoms with Gasteiger partial charge in [-0.1, -0.05) is 34.1 Å². The van der Waals surface area contributed by atoms with Crippen LogP contribution in [0.15, 0.2) is 64.2 Å². The maximum Gasteiger partial charge on any atom is 0.251 e. The largest absolute Gasteiger partial charge is 0.361 e. The third-order valence-corrected chi connectivity index (χ3v) is 4.92. The number of carbonyl (C=O) groups excluding carboxylic acids is 1.